The molecular weight excluding hydrogens is 771 g/mol. The van der Waals surface area contributed by atoms with Crippen molar-refractivity contribution in [3.05, 3.63) is 158 Å². The van der Waals surface area contributed by atoms with Crippen molar-refractivity contribution in [1.29, 1.82) is 0 Å². The summed E-state index contributed by atoms with van der Waals surface area (Å²) in [4.78, 5) is 12.4. The van der Waals surface area contributed by atoms with Crippen LogP contribution in [0.1, 0.15) is 187 Å². The molecule has 0 aromatic rings. The SMILES string of the molecule is CC/C=C\C/C=C\C/C=C\C/C=C\C/C=C\C/C=C\C/C=C\C/C=C\C/C=C\C/C=C\C/C=C\CCCCCC(=O)NC(CO)C(O)/C=C/CC/C=C/CCCCCCCCCC. The van der Waals surface area contributed by atoms with Crippen LogP contribution in [0.25, 0.3) is 0 Å². The lowest BCUT2D eigenvalue weighted by Crippen LogP contribution is -2.45. The second-order valence-corrected chi connectivity index (χ2v) is 16.1. The van der Waals surface area contributed by atoms with E-state index < -0.39 is 12.1 Å². The molecule has 2 atom stereocenters. The monoisotopic (exact) mass is 864 g/mol. The minimum absolute atomic E-state index is 0.114. The van der Waals surface area contributed by atoms with Crippen LogP contribution >= 0.6 is 0 Å². The average molecular weight is 864 g/mol. The number of hydrogen-bond acceptors (Lipinski definition) is 3. The highest BCUT2D eigenvalue weighted by Gasteiger charge is 2.17. The number of aliphatic hydroxyl groups excluding tert-OH is 2. The zero-order valence-corrected chi connectivity index (χ0v) is 40.3. The molecule has 0 heterocycles. The predicted molar refractivity (Wildman–Crippen MR) is 280 cm³/mol. The van der Waals surface area contributed by atoms with E-state index in [0.717, 1.165) is 116 Å². The Morgan fingerprint density at radius 1 is 0.397 bits per heavy atom. The largest absolute Gasteiger partial charge is 0.394 e. The Morgan fingerprint density at radius 2 is 0.714 bits per heavy atom. The average Bonchev–Trinajstić information content (AvgIpc) is 3.29. The highest BCUT2D eigenvalue weighted by Crippen LogP contribution is 2.11. The van der Waals surface area contributed by atoms with Crippen molar-refractivity contribution in [2.24, 2.45) is 0 Å². The zero-order chi connectivity index (χ0) is 45.6. The van der Waals surface area contributed by atoms with Gasteiger partial charge in [-0.1, -0.05) is 223 Å². The van der Waals surface area contributed by atoms with E-state index in [4.69, 9.17) is 0 Å². The van der Waals surface area contributed by atoms with Crippen molar-refractivity contribution >= 4 is 5.91 Å². The molecule has 0 spiro atoms. The fraction of sp³-hybridized carbons (Fsp3) is 0.542. The minimum atomic E-state index is -0.887. The van der Waals surface area contributed by atoms with Gasteiger partial charge < -0.3 is 15.5 Å². The molecule has 3 N–H and O–H groups in total. The molecule has 0 saturated heterocycles. The maximum absolute atomic E-state index is 12.4. The maximum Gasteiger partial charge on any atom is 0.220 e. The smallest absolute Gasteiger partial charge is 0.220 e. The Morgan fingerprint density at radius 3 is 1.11 bits per heavy atom. The van der Waals surface area contributed by atoms with Gasteiger partial charge in [-0.15, -0.1) is 0 Å². The van der Waals surface area contributed by atoms with E-state index in [0.29, 0.717) is 6.42 Å². The molecule has 4 nitrogen and oxygen atoms in total. The van der Waals surface area contributed by atoms with Gasteiger partial charge in [-0.2, -0.15) is 0 Å². The molecule has 2 unspecified atom stereocenters. The second kappa shape index (κ2) is 52.4. The van der Waals surface area contributed by atoms with E-state index in [1.807, 2.05) is 6.08 Å². The van der Waals surface area contributed by atoms with Crippen LogP contribution in [-0.2, 0) is 4.79 Å². The lowest BCUT2D eigenvalue weighted by molar-refractivity contribution is -0.123. The van der Waals surface area contributed by atoms with Crippen LogP contribution in [0.4, 0.5) is 0 Å². The fourth-order valence-corrected chi connectivity index (χ4v) is 6.43. The summed E-state index contributed by atoms with van der Waals surface area (Å²) < 4.78 is 0. The Balaban J connectivity index is 3.77. The summed E-state index contributed by atoms with van der Waals surface area (Å²) in [5.41, 5.74) is 0. The molecule has 0 aromatic heterocycles. The molecule has 0 aliphatic carbocycles. The van der Waals surface area contributed by atoms with Crippen LogP contribution in [0.15, 0.2) is 158 Å². The van der Waals surface area contributed by atoms with E-state index in [1.54, 1.807) is 6.08 Å². The van der Waals surface area contributed by atoms with Crippen LogP contribution < -0.4 is 5.32 Å². The van der Waals surface area contributed by atoms with Crippen molar-refractivity contribution in [2.45, 2.75) is 199 Å². The van der Waals surface area contributed by atoms with Gasteiger partial charge in [0.2, 0.25) is 5.91 Å². The molecule has 0 saturated carbocycles. The molecule has 0 bridgehead atoms. The van der Waals surface area contributed by atoms with E-state index in [1.165, 1.54) is 51.4 Å². The normalized spacial score (nSPS) is 14.3. The fourth-order valence-electron chi connectivity index (χ4n) is 6.43. The first kappa shape index (κ1) is 59.0. The van der Waals surface area contributed by atoms with Crippen molar-refractivity contribution in [1.82, 2.24) is 5.32 Å². The second-order valence-electron chi connectivity index (χ2n) is 16.1. The lowest BCUT2D eigenvalue weighted by Gasteiger charge is -2.19. The topological polar surface area (TPSA) is 69.6 Å². The molecule has 0 rings (SSSR count). The Kier molecular flexibility index (Phi) is 49.0. The third kappa shape index (κ3) is 48.9. The number of aliphatic hydroxyl groups is 2. The first-order valence-electron chi connectivity index (χ1n) is 25.2. The summed E-state index contributed by atoms with van der Waals surface area (Å²) in [6.45, 7) is 4.14. The molecule has 0 aromatic carbocycles. The first-order valence-corrected chi connectivity index (χ1v) is 25.2. The lowest BCUT2D eigenvalue weighted by atomic mass is 10.1. The molecule has 4 heteroatoms. The molecule has 352 valence electrons. The van der Waals surface area contributed by atoms with E-state index in [9.17, 15) is 15.0 Å². The summed E-state index contributed by atoms with van der Waals surface area (Å²) in [6.07, 6.45) is 85.1. The number of nitrogens with one attached hydrogen (secondary N) is 1. The molecule has 0 aliphatic rings. The van der Waals surface area contributed by atoms with Crippen molar-refractivity contribution in [3.63, 3.8) is 0 Å². The molecular formula is C59H93NO3. The zero-order valence-electron chi connectivity index (χ0n) is 40.3. The third-order valence-electron chi connectivity index (χ3n) is 10.2. The van der Waals surface area contributed by atoms with Gasteiger partial charge in [-0.3, -0.25) is 4.79 Å². The van der Waals surface area contributed by atoms with Gasteiger partial charge in [0.1, 0.15) is 0 Å². The van der Waals surface area contributed by atoms with Gasteiger partial charge in [-0.25, -0.2) is 0 Å². The standard InChI is InChI=1S/C59H93NO3/c1-3-5-7-9-11-13-15-17-19-20-21-22-23-24-25-26-27-28-29-30-31-32-33-34-35-36-37-38-39-40-41-43-45-47-49-51-53-55-59(63)60-57(56-61)58(62)54-52-50-48-46-44-42-18-16-14-12-10-8-6-4-2/h5,7,11,13,17,19,21-22,24-25,27-28,30-31,33-34,36-37,39-40,43-46,52,54,57-58,61-62H,3-4,6,8-10,12,14-16,18,20,23,26,29,32,35,38,41-42,47-51,53,55-56H2,1-2H3,(H,60,63)/b7-5-,13-11-,19-17-,22-21-,25-24-,28-27-,31-30-,34-33-,37-36-,40-39-,45-43-,46-44+,54-52+. The quantitative estimate of drug-likeness (QED) is 0.0422. The summed E-state index contributed by atoms with van der Waals surface area (Å²) >= 11 is 0. The molecule has 1 amide bonds. The Labute approximate surface area is 388 Å². The maximum atomic E-state index is 12.4. The van der Waals surface area contributed by atoms with Crippen LogP contribution in [0.5, 0.6) is 0 Å². The van der Waals surface area contributed by atoms with Gasteiger partial charge in [0, 0.05) is 6.42 Å². The summed E-state index contributed by atoms with van der Waals surface area (Å²) in [7, 11) is 0. The number of carbonyl (C=O) groups excluding carboxylic acids is 1. The van der Waals surface area contributed by atoms with E-state index in [-0.39, 0.29) is 12.5 Å². The highest BCUT2D eigenvalue weighted by atomic mass is 16.3. The number of unbranched alkanes of at least 4 members (excludes halogenated alkanes) is 12. The van der Waals surface area contributed by atoms with Crippen molar-refractivity contribution in [3.8, 4) is 0 Å². The number of hydrogen-bond donors (Lipinski definition) is 3. The van der Waals surface area contributed by atoms with Crippen LogP contribution in [0, 0.1) is 0 Å². The molecule has 0 radical (unpaired) electrons. The highest BCUT2D eigenvalue weighted by molar-refractivity contribution is 5.76. The molecule has 0 aliphatic heterocycles. The Hall–Kier alpha value is -3.99. The summed E-state index contributed by atoms with van der Waals surface area (Å²) in [5, 5.41) is 23.0. The molecule has 63 heavy (non-hydrogen) atoms. The van der Waals surface area contributed by atoms with Crippen LogP contribution in [-0.4, -0.2) is 34.9 Å². The number of amides is 1. The third-order valence-corrected chi connectivity index (χ3v) is 10.2. The Bertz CT molecular complexity index is 1400. The predicted octanol–water partition coefficient (Wildman–Crippen LogP) is 16.6. The van der Waals surface area contributed by atoms with Gasteiger partial charge in [0.15, 0.2) is 0 Å². The van der Waals surface area contributed by atoms with Crippen LogP contribution in [0.2, 0.25) is 0 Å². The number of rotatable bonds is 43. The van der Waals surface area contributed by atoms with Gasteiger partial charge in [0.05, 0.1) is 18.8 Å². The first-order chi connectivity index (χ1) is 31.2. The van der Waals surface area contributed by atoms with Crippen molar-refractivity contribution < 1.29 is 15.0 Å². The summed E-state index contributed by atoms with van der Waals surface area (Å²) in [5.74, 6) is -0.114. The van der Waals surface area contributed by atoms with Crippen molar-refractivity contribution in [2.75, 3.05) is 6.61 Å². The van der Waals surface area contributed by atoms with Gasteiger partial charge in [0.25, 0.3) is 0 Å². The van der Waals surface area contributed by atoms with Crippen LogP contribution in [0.3, 0.4) is 0 Å². The van der Waals surface area contributed by atoms with Gasteiger partial charge >= 0.3 is 0 Å². The number of carbonyl (C=O) groups is 1. The van der Waals surface area contributed by atoms with Gasteiger partial charge in [-0.05, 0) is 116 Å². The summed E-state index contributed by atoms with van der Waals surface area (Å²) in [6, 6.07) is -0.668. The molecule has 0 fully saturated rings. The minimum Gasteiger partial charge on any atom is -0.394 e. The van der Waals surface area contributed by atoms with E-state index >= 15 is 0 Å². The van der Waals surface area contributed by atoms with E-state index in [2.05, 4.69) is 165 Å². The number of allylic oxidation sites excluding steroid dienone is 25.